The molecule has 0 aromatic heterocycles. The summed E-state index contributed by atoms with van der Waals surface area (Å²) in [6.45, 7) is 1.68. The van der Waals surface area contributed by atoms with Crippen LogP contribution in [0.25, 0.3) is 6.08 Å². The van der Waals surface area contributed by atoms with E-state index in [-0.39, 0.29) is 18.6 Å². The van der Waals surface area contributed by atoms with E-state index in [0.29, 0.717) is 0 Å². The molecule has 1 atom stereocenters. The molecule has 0 radical (unpaired) electrons. The average Bonchev–Trinajstić information content (AvgIpc) is 2.26. The molecular weight excluding hydrogens is 270 g/mol. The highest BCUT2D eigenvalue weighted by Gasteiger charge is 2.01. The van der Waals surface area contributed by atoms with Crippen LogP contribution in [0.2, 0.25) is 0 Å². The minimum Gasteiger partial charge on any atom is -0.394 e. The molecule has 0 bridgehead atoms. The molecule has 0 saturated carbocycles. The first-order valence-corrected chi connectivity index (χ1v) is 5.76. The van der Waals surface area contributed by atoms with Gasteiger partial charge in [0.2, 0.25) is 5.91 Å². The molecular formula is C12H14BrNO2. The third-order valence-corrected chi connectivity index (χ3v) is 2.43. The van der Waals surface area contributed by atoms with Crippen LogP contribution in [0.15, 0.2) is 34.8 Å². The zero-order chi connectivity index (χ0) is 12.0. The molecule has 1 amide bonds. The molecule has 3 nitrogen and oxygen atoms in total. The molecule has 16 heavy (non-hydrogen) atoms. The summed E-state index contributed by atoms with van der Waals surface area (Å²) < 4.78 is 0.971. The lowest BCUT2D eigenvalue weighted by Crippen LogP contribution is -2.33. The third kappa shape index (κ3) is 4.59. The van der Waals surface area contributed by atoms with Crippen LogP contribution in [0, 0.1) is 0 Å². The maximum atomic E-state index is 11.3. The van der Waals surface area contributed by atoms with Crippen LogP contribution >= 0.6 is 15.9 Å². The summed E-state index contributed by atoms with van der Waals surface area (Å²) in [4.78, 5) is 11.3. The summed E-state index contributed by atoms with van der Waals surface area (Å²) in [5, 5.41) is 11.4. The standard InChI is InChI=1S/C12H14BrNO2/c1-9(8-15)14-12(16)6-5-10-3-2-4-11(13)7-10/h2-7,9,15H,8H2,1H3,(H,14,16)/t9-/m0/s1. The predicted octanol–water partition coefficient (Wildman–Crippen LogP) is 1.96. The fourth-order valence-electron chi connectivity index (χ4n) is 1.12. The minimum absolute atomic E-state index is 0.0591. The van der Waals surface area contributed by atoms with Crippen molar-refractivity contribution in [3.05, 3.63) is 40.4 Å². The molecule has 1 aromatic carbocycles. The van der Waals surface area contributed by atoms with Crippen molar-refractivity contribution in [2.24, 2.45) is 0 Å². The second kappa shape index (κ2) is 6.45. The van der Waals surface area contributed by atoms with Gasteiger partial charge in [0.1, 0.15) is 0 Å². The van der Waals surface area contributed by atoms with Gasteiger partial charge in [0, 0.05) is 16.6 Å². The van der Waals surface area contributed by atoms with Crippen molar-refractivity contribution in [2.75, 3.05) is 6.61 Å². The number of benzene rings is 1. The van der Waals surface area contributed by atoms with E-state index in [1.165, 1.54) is 6.08 Å². The lowest BCUT2D eigenvalue weighted by Gasteiger charge is -2.07. The topological polar surface area (TPSA) is 49.3 Å². The summed E-state index contributed by atoms with van der Waals surface area (Å²) in [7, 11) is 0. The van der Waals surface area contributed by atoms with Crippen LogP contribution in [-0.4, -0.2) is 23.7 Å². The molecule has 1 aromatic rings. The molecule has 1 rings (SSSR count). The summed E-state index contributed by atoms with van der Waals surface area (Å²) in [5.41, 5.74) is 0.946. The van der Waals surface area contributed by atoms with Gasteiger partial charge in [0.15, 0.2) is 0 Å². The van der Waals surface area contributed by atoms with Gasteiger partial charge in [-0.05, 0) is 30.7 Å². The summed E-state index contributed by atoms with van der Waals surface area (Å²) >= 11 is 3.35. The molecule has 0 aliphatic heterocycles. The van der Waals surface area contributed by atoms with E-state index < -0.39 is 0 Å². The highest BCUT2D eigenvalue weighted by atomic mass is 79.9. The number of hydrogen-bond donors (Lipinski definition) is 2. The Morgan fingerprint density at radius 2 is 2.38 bits per heavy atom. The molecule has 0 aliphatic rings. The van der Waals surface area contributed by atoms with Crippen LogP contribution < -0.4 is 5.32 Å². The molecule has 0 saturated heterocycles. The number of halogens is 1. The van der Waals surface area contributed by atoms with Crippen molar-refractivity contribution in [3.8, 4) is 0 Å². The summed E-state index contributed by atoms with van der Waals surface area (Å²) in [5.74, 6) is -0.207. The predicted molar refractivity (Wildman–Crippen MR) is 67.9 cm³/mol. The Balaban J connectivity index is 2.56. The molecule has 0 aliphatic carbocycles. The smallest absolute Gasteiger partial charge is 0.244 e. The zero-order valence-electron chi connectivity index (χ0n) is 8.98. The second-order valence-corrected chi connectivity index (χ2v) is 4.40. The molecule has 0 fully saturated rings. The number of aliphatic hydroxyl groups excluding tert-OH is 1. The Kier molecular flexibility index (Phi) is 5.22. The number of amides is 1. The van der Waals surface area contributed by atoms with Crippen LogP contribution in [0.5, 0.6) is 0 Å². The zero-order valence-corrected chi connectivity index (χ0v) is 10.6. The van der Waals surface area contributed by atoms with Crippen molar-refractivity contribution in [2.45, 2.75) is 13.0 Å². The maximum absolute atomic E-state index is 11.3. The van der Waals surface area contributed by atoms with E-state index in [1.54, 1.807) is 13.0 Å². The lowest BCUT2D eigenvalue weighted by molar-refractivity contribution is -0.117. The molecule has 86 valence electrons. The lowest BCUT2D eigenvalue weighted by atomic mass is 10.2. The van der Waals surface area contributed by atoms with E-state index in [9.17, 15) is 4.79 Å². The quantitative estimate of drug-likeness (QED) is 0.830. The molecule has 0 heterocycles. The maximum Gasteiger partial charge on any atom is 0.244 e. The van der Waals surface area contributed by atoms with Gasteiger partial charge < -0.3 is 10.4 Å². The van der Waals surface area contributed by atoms with Gasteiger partial charge in [-0.1, -0.05) is 28.1 Å². The first kappa shape index (κ1) is 12.9. The number of rotatable bonds is 4. The van der Waals surface area contributed by atoms with Crippen molar-refractivity contribution in [1.29, 1.82) is 0 Å². The van der Waals surface area contributed by atoms with Crippen LogP contribution in [0.1, 0.15) is 12.5 Å². The van der Waals surface area contributed by atoms with Gasteiger partial charge in [-0.3, -0.25) is 4.79 Å². The first-order chi connectivity index (χ1) is 7.61. The highest BCUT2D eigenvalue weighted by molar-refractivity contribution is 9.10. The van der Waals surface area contributed by atoms with Gasteiger partial charge in [-0.2, -0.15) is 0 Å². The second-order valence-electron chi connectivity index (χ2n) is 3.48. The van der Waals surface area contributed by atoms with Crippen molar-refractivity contribution in [3.63, 3.8) is 0 Å². The Labute approximate surface area is 103 Å². The fourth-order valence-corrected chi connectivity index (χ4v) is 1.54. The number of carbonyl (C=O) groups excluding carboxylic acids is 1. The Morgan fingerprint density at radius 3 is 3.00 bits per heavy atom. The van der Waals surface area contributed by atoms with Crippen LogP contribution in [0.3, 0.4) is 0 Å². The summed E-state index contributed by atoms with van der Waals surface area (Å²) in [6, 6.07) is 7.42. The normalized spacial score (nSPS) is 12.7. The van der Waals surface area contributed by atoms with E-state index in [0.717, 1.165) is 10.0 Å². The molecule has 0 spiro atoms. The van der Waals surface area contributed by atoms with Crippen molar-refractivity contribution in [1.82, 2.24) is 5.32 Å². The Bertz CT molecular complexity index is 390. The average molecular weight is 284 g/mol. The van der Waals surface area contributed by atoms with E-state index in [2.05, 4.69) is 21.2 Å². The van der Waals surface area contributed by atoms with Crippen molar-refractivity contribution < 1.29 is 9.90 Å². The van der Waals surface area contributed by atoms with Crippen molar-refractivity contribution >= 4 is 27.9 Å². The molecule has 4 heteroatoms. The SMILES string of the molecule is C[C@@H](CO)NC(=O)C=Cc1cccc(Br)c1. The number of nitrogens with one attached hydrogen (secondary N) is 1. The molecule has 0 unspecified atom stereocenters. The Morgan fingerprint density at radius 1 is 1.62 bits per heavy atom. The first-order valence-electron chi connectivity index (χ1n) is 4.97. The van der Waals surface area contributed by atoms with Gasteiger partial charge >= 0.3 is 0 Å². The Hall–Kier alpha value is -1.13. The fraction of sp³-hybridized carbons (Fsp3) is 0.250. The monoisotopic (exact) mass is 283 g/mol. The number of hydrogen-bond acceptors (Lipinski definition) is 2. The number of carbonyl (C=O) groups is 1. The summed E-state index contributed by atoms with van der Waals surface area (Å²) in [6.07, 6.45) is 3.18. The van der Waals surface area contributed by atoms with Crippen LogP contribution in [0.4, 0.5) is 0 Å². The van der Waals surface area contributed by atoms with Gasteiger partial charge in [0.05, 0.1) is 6.61 Å². The van der Waals surface area contributed by atoms with Gasteiger partial charge in [-0.25, -0.2) is 0 Å². The minimum atomic E-state index is -0.223. The molecule has 2 N–H and O–H groups in total. The van der Waals surface area contributed by atoms with Crippen LogP contribution in [-0.2, 0) is 4.79 Å². The van der Waals surface area contributed by atoms with E-state index in [4.69, 9.17) is 5.11 Å². The van der Waals surface area contributed by atoms with Gasteiger partial charge in [0.25, 0.3) is 0 Å². The third-order valence-electron chi connectivity index (χ3n) is 1.94. The highest BCUT2D eigenvalue weighted by Crippen LogP contribution is 2.12. The number of aliphatic hydroxyl groups is 1. The van der Waals surface area contributed by atoms with E-state index in [1.807, 2.05) is 24.3 Å². The largest absolute Gasteiger partial charge is 0.394 e. The van der Waals surface area contributed by atoms with Gasteiger partial charge in [-0.15, -0.1) is 0 Å². The van der Waals surface area contributed by atoms with E-state index >= 15 is 0 Å².